The second-order valence-electron chi connectivity index (χ2n) is 5.62. The summed E-state index contributed by atoms with van der Waals surface area (Å²) >= 11 is 0. The molecule has 1 heterocycles. The van der Waals surface area contributed by atoms with Crippen molar-refractivity contribution < 1.29 is 14.3 Å². The van der Waals surface area contributed by atoms with Crippen LogP contribution in [0.15, 0.2) is 0 Å². The summed E-state index contributed by atoms with van der Waals surface area (Å²) < 4.78 is 10.4. The van der Waals surface area contributed by atoms with Gasteiger partial charge in [0, 0.05) is 19.3 Å². The summed E-state index contributed by atoms with van der Waals surface area (Å²) in [7, 11) is 1.72. The fourth-order valence-corrected chi connectivity index (χ4v) is 2.81. The van der Waals surface area contributed by atoms with E-state index in [1.165, 1.54) is 25.7 Å². The van der Waals surface area contributed by atoms with Crippen molar-refractivity contribution in [3.63, 3.8) is 0 Å². The summed E-state index contributed by atoms with van der Waals surface area (Å²) in [6, 6.07) is 0. The molecular formula is C15H29NO3. The number of esters is 1. The van der Waals surface area contributed by atoms with Crippen LogP contribution in [0.5, 0.6) is 0 Å². The molecule has 1 saturated heterocycles. The molecule has 4 heteroatoms. The number of methoxy groups -OCH3 is 1. The number of hydrogen-bond donors (Lipinski definition) is 0. The van der Waals surface area contributed by atoms with Gasteiger partial charge in [0.1, 0.15) is 0 Å². The lowest BCUT2D eigenvalue weighted by Crippen LogP contribution is -2.49. The summed E-state index contributed by atoms with van der Waals surface area (Å²) in [5, 5.41) is 0. The van der Waals surface area contributed by atoms with E-state index in [-0.39, 0.29) is 11.5 Å². The summed E-state index contributed by atoms with van der Waals surface area (Å²) in [4.78, 5) is 14.3. The van der Waals surface area contributed by atoms with Gasteiger partial charge >= 0.3 is 5.97 Å². The fraction of sp³-hybridized carbons (Fsp3) is 0.933. The molecule has 1 aliphatic rings. The Labute approximate surface area is 117 Å². The van der Waals surface area contributed by atoms with Gasteiger partial charge in [0.2, 0.25) is 0 Å². The highest BCUT2D eigenvalue weighted by Gasteiger charge is 2.34. The van der Waals surface area contributed by atoms with Gasteiger partial charge in [0.05, 0.1) is 13.0 Å². The van der Waals surface area contributed by atoms with Gasteiger partial charge in [-0.2, -0.15) is 0 Å². The first-order chi connectivity index (χ1) is 9.12. The molecule has 0 saturated carbocycles. The Morgan fingerprint density at radius 3 is 2.37 bits per heavy atom. The van der Waals surface area contributed by atoms with Gasteiger partial charge in [0.25, 0.3) is 0 Å². The maximum atomic E-state index is 11.9. The van der Waals surface area contributed by atoms with Gasteiger partial charge in [-0.25, -0.2) is 0 Å². The standard InChI is InChI=1S/C15H29NO3/c1-4-19-14(17)13-15(2,9-12-18-3)16-10-7-5-6-8-11-16/h4-13H2,1-3H3. The van der Waals surface area contributed by atoms with Crippen LogP contribution >= 0.6 is 0 Å². The molecule has 1 fully saturated rings. The van der Waals surface area contributed by atoms with E-state index in [4.69, 9.17) is 9.47 Å². The maximum Gasteiger partial charge on any atom is 0.307 e. The Kier molecular flexibility index (Phi) is 7.39. The van der Waals surface area contributed by atoms with Crippen LogP contribution < -0.4 is 0 Å². The zero-order valence-corrected chi connectivity index (χ0v) is 12.7. The van der Waals surface area contributed by atoms with Crippen LogP contribution in [0, 0.1) is 0 Å². The minimum atomic E-state index is -0.132. The SMILES string of the molecule is CCOC(=O)CC(C)(CCOC)N1CCCCCC1. The number of hydrogen-bond acceptors (Lipinski definition) is 4. The lowest BCUT2D eigenvalue weighted by atomic mass is 9.91. The molecule has 1 aliphatic heterocycles. The highest BCUT2D eigenvalue weighted by Crippen LogP contribution is 2.27. The lowest BCUT2D eigenvalue weighted by molar-refractivity contribution is -0.146. The zero-order chi connectivity index (χ0) is 14.1. The van der Waals surface area contributed by atoms with E-state index >= 15 is 0 Å². The Morgan fingerprint density at radius 1 is 1.21 bits per heavy atom. The average molecular weight is 271 g/mol. The minimum absolute atomic E-state index is 0.0923. The molecule has 4 nitrogen and oxygen atoms in total. The van der Waals surface area contributed by atoms with Gasteiger partial charge in [0.15, 0.2) is 0 Å². The number of ether oxygens (including phenoxy) is 2. The van der Waals surface area contributed by atoms with E-state index in [1.807, 2.05) is 6.92 Å². The molecule has 0 aromatic carbocycles. The summed E-state index contributed by atoms with van der Waals surface area (Å²) in [6.45, 7) is 7.34. The molecule has 0 spiro atoms. The van der Waals surface area contributed by atoms with Crippen molar-refractivity contribution in [2.24, 2.45) is 0 Å². The first-order valence-electron chi connectivity index (χ1n) is 7.52. The third-order valence-electron chi connectivity index (χ3n) is 4.04. The van der Waals surface area contributed by atoms with E-state index in [0.29, 0.717) is 19.6 Å². The molecule has 0 aliphatic carbocycles. The van der Waals surface area contributed by atoms with Crippen molar-refractivity contribution in [3.05, 3.63) is 0 Å². The van der Waals surface area contributed by atoms with Gasteiger partial charge in [-0.05, 0) is 46.2 Å². The summed E-state index contributed by atoms with van der Waals surface area (Å²) in [6.07, 6.45) is 6.40. The van der Waals surface area contributed by atoms with E-state index < -0.39 is 0 Å². The van der Waals surface area contributed by atoms with E-state index in [2.05, 4.69) is 11.8 Å². The summed E-state index contributed by atoms with van der Waals surface area (Å²) in [5.41, 5.74) is -0.132. The number of nitrogens with zero attached hydrogens (tertiary/aromatic N) is 1. The van der Waals surface area contributed by atoms with Gasteiger partial charge in [-0.1, -0.05) is 12.8 Å². The third-order valence-corrected chi connectivity index (χ3v) is 4.04. The van der Waals surface area contributed by atoms with Crippen molar-refractivity contribution >= 4 is 5.97 Å². The normalized spacial score (nSPS) is 20.6. The molecule has 1 atom stereocenters. The van der Waals surface area contributed by atoms with Crippen molar-refractivity contribution in [2.75, 3.05) is 33.4 Å². The fourth-order valence-electron chi connectivity index (χ4n) is 2.81. The third kappa shape index (κ3) is 5.49. The first-order valence-corrected chi connectivity index (χ1v) is 7.52. The van der Waals surface area contributed by atoms with E-state index in [1.54, 1.807) is 7.11 Å². The van der Waals surface area contributed by atoms with Crippen LogP contribution in [-0.4, -0.2) is 49.8 Å². The molecule has 0 amide bonds. The monoisotopic (exact) mass is 271 g/mol. The van der Waals surface area contributed by atoms with Crippen molar-refractivity contribution in [1.82, 2.24) is 4.90 Å². The number of carbonyl (C=O) groups excluding carboxylic acids is 1. The minimum Gasteiger partial charge on any atom is -0.466 e. The summed E-state index contributed by atoms with van der Waals surface area (Å²) in [5.74, 6) is -0.0923. The number of likely N-dealkylation sites (tertiary alicyclic amines) is 1. The van der Waals surface area contributed by atoms with Crippen LogP contribution in [0.1, 0.15) is 52.4 Å². The quantitative estimate of drug-likeness (QED) is 0.667. The van der Waals surface area contributed by atoms with Gasteiger partial charge in [-0.15, -0.1) is 0 Å². The molecule has 1 unspecified atom stereocenters. The predicted octanol–water partition coefficient (Wildman–Crippen LogP) is 2.61. The maximum absolute atomic E-state index is 11.9. The molecule has 112 valence electrons. The van der Waals surface area contributed by atoms with E-state index in [9.17, 15) is 4.79 Å². The smallest absolute Gasteiger partial charge is 0.307 e. The highest BCUT2D eigenvalue weighted by atomic mass is 16.5. The van der Waals surface area contributed by atoms with Crippen LogP contribution in [0.4, 0.5) is 0 Å². The largest absolute Gasteiger partial charge is 0.466 e. The molecule has 19 heavy (non-hydrogen) atoms. The number of rotatable bonds is 7. The Hall–Kier alpha value is -0.610. The molecule has 0 bridgehead atoms. The molecule has 0 N–H and O–H groups in total. The first kappa shape index (κ1) is 16.4. The second kappa shape index (κ2) is 8.54. The molecule has 0 radical (unpaired) electrons. The average Bonchev–Trinajstić information content (AvgIpc) is 2.66. The Morgan fingerprint density at radius 2 is 1.84 bits per heavy atom. The van der Waals surface area contributed by atoms with E-state index in [0.717, 1.165) is 19.5 Å². The van der Waals surface area contributed by atoms with Gasteiger partial charge in [-0.3, -0.25) is 9.69 Å². The zero-order valence-electron chi connectivity index (χ0n) is 12.7. The Bertz CT molecular complexity index is 262. The Balaban J connectivity index is 2.68. The number of carbonyl (C=O) groups is 1. The van der Waals surface area contributed by atoms with Gasteiger partial charge < -0.3 is 9.47 Å². The molecule has 0 aromatic rings. The molecule has 1 rings (SSSR count). The highest BCUT2D eigenvalue weighted by molar-refractivity contribution is 5.70. The second-order valence-corrected chi connectivity index (χ2v) is 5.62. The molecule has 0 aromatic heterocycles. The van der Waals surface area contributed by atoms with Crippen LogP contribution in [0.2, 0.25) is 0 Å². The van der Waals surface area contributed by atoms with Crippen LogP contribution in [0.3, 0.4) is 0 Å². The predicted molar refractivity (Wildman–Crippen MR) is 76.2 cm³/mol. The van der Waals surface area contributed by atoms with Crippen molar-refractivity contribution in [1.29, 1.82) is 0 Å². The van der Waals surface area contributed by atoms with Crippen molar-refractivity contribution in [2.45, 2.75) is 57.9 Å². The lowest BCUT2D eigenvalue weighted by Gasteiger charge is -2.40. The molecular weight excluding hydrogens is 242 g/mol. The topological polar surface area (TPSA) is 38.8 Å². The van der Waals surface area contributed by atoms with Crippen LogP contribution in [0.25, 0.3) is 0 Å². The van der Waals surface area contributed by atoms with Crippen molar-refractivity contribution in [3.8, 4) is 0 Å². The van der Waals surface area contributed by atoms with Crippen LogP contribution in [-0.2, 0) is 14.3 Å².